The molecule has 3 aromatic rings. The smallest absolute Gasteiger partial charge is 0.291 e. The fourth-order valence-electron chi connectivity index (χ4n) is 2.33. The number of carbonyl (C=O) groups is 1. The minimum absolute atomic E-state index is 0.0621. The molecule has 0 saturated heterocycles. The van der Waals surface area contributed by atoms with Gasteiger partial charge in [-0.2, -0.15) is 0 Å². The lowest BCUT2D eigenvalue weighted by Gasteiger charge is -2.05. The highest BCUT2D eigenvalue weighted by molar-refractivity contribution is 6.06. The second-order valence-corrected chi connectivity index (χ2v) is 4.86. The van der Waals surface area contributed by atoms with Gasteiger partial charge in [0.05, 0.1) is 6.61 Å². The van der Waals surface area contributed by atoms with Crippen LogP contribution in [0.25, 0.3) is 11.0 Å². The Balaban J connectivity index is 1.91. The second-order valence-electron chi connectivity index (χ2n) is 4.86. The van der Waals surface area contributed by atoms with Gasteiger partial charge in [-0.05, 0) is 30.7 Å². The van der Waals surface area contributed by atoms with E-state index in [0.29, 0.717) is 17.0 Å². The molecule has 0 unspecified atom stereocenters. The number of nitrogens with one attached hydrogen (secondary N) is 1. The van der Waals surface area contributed by atoms with Crippen molar-refractivity contribution >= 4 is 22.6 Å². The van der Waals surface area contributed by atoms with Crippen LogP contribution in [-0.2, 0) is 6.61 Å². The number of aliphatic hydroxyl groups is 1. The molecule has 2 N–H and O–H groups in total. The van der Waals surface area contributed by atoms with Gasteiger partial charge in [0.15, 0.2) is 5.76 Å². The van der Waals surface area contributed by atoms with Crippen LogP contribution in [-0.4, -0.2) is 11.0 Å². The van der Waals surface area contributed by atoms with Gasteiger partial charge in [0.25, 0.3) is 5.91 Å². The van der Waals surface area contributed by atoms with E-state index in [2.05, 4.69) is 5.32 Å². The van der Waals surface area contributed by atoms with Crippen molar-refractivity contribution in [3.8, 4) is 0 Å². The number of fused-ring (bicyclic) bond motifs is 1. The van der Waals surface area contributed by atoms with Gasteiger partial charge in [-0.25, -0.2) is 0 Å². The molecule has 21 heavy (non-hydrogen) atoms. The van der Waals surface area contributed by atoms with Crippen molar-refractivity contribution in [2.75, 3.05) is 5.32 Å². The van der Waals surface area contributed by atoms with Gasteiger partial charge < -0.3 is 14.8 Å². The maximum absolute atomic E-state index is 12.3. The number of para-hydroxylation sites is 1. The van der Waals surface area contributed by atoms with Crippen molar-refractivity contribution in [3.63, 3.8) is 0 Å². The van der Waals surface area contributed by atoms with Gasteiger partial charge in [0.2, 0.25) is 0 Å². The average Bonchev–Trinajstić information content (AvgIpc) is 2.85. The van der Waals surface area contributed by atoms with Crippen LogP contribution in [0, 0.1) is 6.92 Å². The average molecular weight is 281 g/mol. The van der Waals surface area contributed by atoms with Crippen LogP contribution in [0.3, 0.4) is 0 Å². The predicted molar refractivity (Wildman–Crippen MR) is 81.3 cm³/mol. The van der Waals surface area contributed by atoms with E-state index in [-0.39, 0.29) is 12.5 Å². The molecule has 0 radical (unpaired) electrons. The Morgan fingerprint density at radius 3 is 2.76 bits per heavy atom. The molecular weight excluding hydrogens is 266 g/mol. The van der Waals surface area contributed by atoms with Crippen LogP contribution in [0.2, 0.25) is 0 Å². The first kappa shape index (κ1) is 13.4. The van der Waals surface area contributed by atoms with Crippen molar-refractivity contribution in [1.29, 1.82) is 0 Å². The van der Waals surface area contributed by atoms with Gasteiger partial charge in [0.1, 0.15) is 5.58 Å². The Morgan fingerprint density at radius 1 is 1.19 bits per heavy atom. The molecule has 4 heteroatoms. The molecule has 0 fully saturated rings. The first-order valence-electron chi connectivity index (χ1n) is 6.68. The number of furan rings is 1. The number of amides is 1. The zero-order valence-electron chi connectivity index (χ0n) is 11.6. The first-order chi connectivity index (χ1) is 10.2. The molecule has 3 rings (SSSR count). The Hall–Kier alpha value is -2.59. The monoisotopic (exact) mass is 281 g/mol. The number of hydrogen-bond donors (Lipinski definition) is 2. The van der Waals surface area contributed by atoms with Crippen molar-refractivity contribution < 1.29 is 14.3 Å². The number of anilines is 1. The molecule has 0 spiro atoms. The van der Waals surface area contributed by atoms with E-state index in [4.69, 9.17) is 9.52 Å². The lowest BCUT2D eigenvalue weighted by atomic mass is 10.1. The van der Waals surface area contributed by atoms with Crippen LogP contribution in [0.15, 0.2) is 52.9 Å². The van der Waals surface area contributed by atoms with Crippen LogP contribution >= 0.6 is 0 Å². The van der Waals surface area contributed by atoms with Gasteiger partial charge >= 0.3 is 0 Å². The molecule has 1 amide bonds. The third-order valence-electron chi connectivity index (χ3n) is 3.42. The quantitative estimate of drug-likeness (QED) is 0.772. The standard InChI is InChI=1S/C17H15NO3/c1-11-14-7-2-3-8-15(14)21-16(11)17(20)18-13-6-4-5-12(9-13)10-19/h2-9,19H,10H2,1H3,(H,18,20). The maximum atomic E-state index is 12.3. The summed E-state index contributed by atoms with van der Waals surface area (Å²) >= 11 is 0. The molecule has 4 nitrogen and oxygen atoms in total. The number of aliphatic hydroxyl groups excluding tert-OH is 1. The van der Waals surface area contributed by atoms with Crippen LogP contribution in [0.4, 0.5) is 5.69 Å². The molecule has 0 atom stereocenters. The number of aryl methyl sites for hydroxylation is 1. The largest absolute Gasteiger partial charge is 0.451 e. The van der Waals surface area contributed by atoms with Gasteiger partial charge in [-0.1, -0.05) is 30.3 Å². The lowest BCUT2D eigenvalue weighted by Crippen LogP contribution is -2.12. The van der Waals surface area contributed by atoms with Gasteiger partial charge in [-0.15, -0.1) is 0 Å². The van der Waals surface area contributed by atoms with E-state index in [0.717, 1.165) is 16.5 Å². The van der Waals surface area contributed by atoms with E-state index in [9.17, 15) is 4.79 Å². The highest BCUT2D eigenvalue weighted by atomic mass is 16.3. The van der Waals surface area contributed by atoms with E-state index >= 15 is 0 Å². The maximum Gasteiger partial charge on any atom is 0.291 e. The van der Waals surface area contributed by atoms with Gasteiger partial charge in [0, 0.05) is 16.6 Å². The number of rotatable bonds is 3. The Morgan fingerprint density at radius 2 is 2.00 bits per heavy atom. The Labute approximate surface area is 122 Å². The van der Waals surface area contributed by atoms with Crippen LogP contribution < -0.4 is 5.32 Å². The summed E-state index contributed by atoms with van der Waals surface area (Å²) in [5.41, 5.74) is 2.89. The summed E-state index contributed by atoms with van der Waals surface area (Å²) in [5.74, 6) is 0.0180. The Bertz CT molecular complexity index is 805. The molecule has 0 bridgehead atoms. The first-order valence-corrected chi connectivity index (χ1v) is 6.68. The van der Waals surface area contributed by atoms with Crippen molar-refractivity contribution in [2.45, 2.75) is 13.5 Å². The third kappa shape index (κ3) is 2.53. The summed E-state index contributed by atoms with van der Waals surface area (Å²) in [7, 11) is 0. The number of carbonyl (C=O) groups excluding carboxylic acids is 1. The summed E-state index contributed by atoms with van der Waals surface area (Å²) in [4.78, 5) is 12.3. The zero-order chi connectivity index (χ0) is 14.8. The van der Waals surface area contributed by atoms with E-state index in [1.807, 2.05) is 31.2 Å². The van der Waals surface area contributed by atoms with Crippen LogP contribution in [0.1, 0.15) is 21.7 Å². The molecule has 1 aromatic heterocycles. The summed E-state index contributed by atoms with van der Waals surface area (Å²) in [6.07, 6.45) is 0. The van der Waals surface area contributed by atoms with E-state index in [1.54, 1.807) is 24.3 Å². The fourth-order valence-corrected chi connectivity index (χ4v) is 2.33. The topological polar surface area (TPSA) is 62.5 Å². The van der Waals surface area contributed by atoms with Crippen molar-refractivity contribution in [1.82, 2.24) is 0 Å². The number of benzene rings is 2. The molecule has 106 valence electrons. The second kappa shape index (κ2) is 5.42. The van der Waals surface area contributed by atoms with E-state index in [1.165, 1.54) is 0 Å². The minimum Gasteiger partial charge on any atom is -0.451 e. The molecule has 1 heterocycles. The summed E-state index contributed by atoms with van der Waals surface area (Å²) < 4.78 is 5.63. The zero-order valence-corrected chi connectivity index (χ0v) is 11.6. The molecule has 0 aliphatic carbocycles. The molecule has 0 aliphatic rings. The third-order valence-corrected chi connectivity index (χ3v) is 3.42. The Kier molecular flexibility index (Phi) is 3.46. The van der Waals surface area contributed by atoms with Crippen LogP contribution in [0.5, 0.6) is 0 Å². The normalized spacial score (nSPS) is 10.8. The molecule has 2 aromatic carbocycles. The van der Waals surface area contributed by atoms with E-state index < -0.39 is 0 Å². The molecule has 0 saturated carbocycles. The summed E-state index contributed by atoms with van der Waals surface area (Å²) in [5, 5.41) is 12.8. The molecule has 0 aliphatic heterocycles. The molecular formula is C17H15NO3. The SMILES string of the molecule is Cc1c(C(=O)Nc2cccc(CO)c2)oc2ccccc12. The van der Waals surface area contributed by atoms with Gasteiger partial charge in [-0.3, -0.25) is 4.79 Å². The minimum atomic E-state index is -0.293. The highest BCUT2D eigenvalue weighted by Gasteiger charge is 2.17. The predicted octanol–water partition coefficient (Wildman–Crippen LogP) is 3.49. The number of hydrogen-bond acceptors (Lipinski definition) is 3. The van der Waals surface area contributed by atoms with Crippen molar-refractivity contribution in [3.05, 3.63) is 65.4 Å². The summed E-state index contributed by atoms with van der Waals surface area (Å²) in [6, 6.07) is 14.6. The highest BCUT2D eigenvalue weighted by Crippen LogP contribution is 2.25. The fraction of sp³-hybridized carbons (Fsp3) is 0.118. The summed E-state index contributed by atoms with van der Waals surface area (Å²) in [6.45, 7) is 1.80. The lowest BCUT2D eigenvalue weighted by molar-refractivity contribution is 0.0998. The van der Waals surface area contributed by atoms with Crippen molar-refractivity contribution in [2.24, 2.45) is 0 Å².